The lowest BCUT2D eigenvalue weighted by Gasteiger charge is -2.25. The molecule has 0 unspecified atom stereocenters. The summed E-state index contributed by atoms with van der Waals surface area (Å²) in [7, 11) is 1.64. The van der Waals surface area contributed by atoms with E-state index in [4.69, 9.17) is 4.74 Å². The van der Waals surface area contributed by atoms with Gasteiger partial charge in [-0.15, -0.1) is 0 Å². The standard InChI is InChI=1S/C13H19NO3/c1-17-9-10-5-4-8-14(10)13(16)11-6-2-3-7-12(11)15/h6,10H,2-5,7-9H2,1H3/t10-/m0/s1. The van der Waals surface area contributed by atoms with Crippen LogP contribution < -0.4 is 0 Å². The third-order valence-electron chi connectivity index (χ3n) is 3.48. The van der Waals surface area contributed by atoms with E-state index in [1.165, 1.54) is 0 Å². The fourth-order valence-corrected chi connectivity index (χ4v) is 2.59. The van der Waals surface area contributed by atoms with Gasteiger partial charge in [0.05, 0.1) is 18.2 Å². The number of likely N-dealkylation sites (tertiary alicyclic amines) is 1. The zero-order valence-electron chi connectivity index (χ0n) is 10.3. The molecule has 1 saturated heterocycles. The predicted molar refractivity (Wildman–Crippen MR) is 63.6 cm³/mol. The quantitative estimate of drug-likeness (QED) is 0.695. The van der Waals surface area contributed by atoms with E-state index in [0.29, 0.717) is 18.6 Å². The normalized spacial score (nSPS) is 25.0. The predicted octanol–water partition coefficient (Wildman–Crippen LogP) is 1.30. The van der Waals surface area contributed by atoms with Gasteiger partial charge in [-0.05, 0) is 25.7 Å². The zero-order valence-corrected chi connectivity index (χ0v) is 10.3. The van der Waals surface area contributed by atoms with Crippen LogP contribution in [0.2, 0.25) is 0 Å². The number of carbonyl (C=O) groups is 2. The van der Waals surface area contributed by atoms with Crippen LogP contribution in [0.5, 0.6) is 0 Å². The summed E-state index contributed by atoms with van der Waals surface area (Å²) in [6.45, 7) is 1.31. The largest absolute Gasteiger partial charge is 0.383 e. The number of Topliss-reactive ketones (excluding diaryl/α,β-unsaturated/α-hetero) is 1. The molecular weight excluding hydrogens is 218 g/mol. The van der Waals surface area contributed by atoms with E-state index in [2.05, 4.69) is 0 Å². The SMILES string of the molecule is COC[C@@H]1CCCN1C(=O)C1=CCCCC1=O. The molecule has 1 heterocycles. The molecule has 4 nitrogen and oxygen atoms in total. The van der Waals surface area contributed by atoms with Gasteiger partial charge in [0, 0.05) is 20.1 Å². The molecule has 0 saturated carbocycles. The Morgan fingerprint density at radius 1 is 1.53 bits per heavy atom. The molecule has 0 spiro atoms. The van der Waals surface area contributed by atoms with Gasteiger partial charge in [-0.2, -0.15) is 0 Å². The molecule has 0 aromatic rings. The molecule has 0 aromatic heterocycles. The molecule has 1 atom stereocenters. The van der Waals surface area contributed by atoms with Crippen molar-refractivity contribution >= 4 is 11.7 Å². The fraction of sp³-hybridized carbons (Fsp3) is 0.692. The highest BCUT2D eigenvalue weighted by Crippen LogP contribution is 2.23. The lowest BCUT2D eigenvalue weighted by atomic mass is 9.97. The second-order valence-corrected chi connectivity index (χ2v) is 4.68. The number of hydrogen-bond acceptors (Lipinski definition) is 3. The maximum Gasteiger partial charge on any atom is 0.257 e. The molecule has 0 aromatic carbocycles. The van der Waals surface area contributed by atoms with Crippen molar-refractivity contribution in [2.75, 3.05) is 20.3 Å². The summed E-state index contributed by atoms with van der Waals surface area (Å²) in [6, 6.07) is 0.142. The van der Waals surface area contributed by atoms with Crippen molar-refractivity contribution in [3.05, 3.63) is 11.6 Å². The molecule has 4 heteroatoms. The van der Waals surface area contributed by atoms with E-state index in [1.54, 1.807) is 18.1 Å². The molecule has 2 aliphatic rings. The van der Waals surface area contributed by atoms with Gasteiger partial charge in [0.1, 0.15) is 0 Å². The number of ketones is 1. The van der Waals surface area contributed by atoms with E-state index in [-0.39, 0.29) is 17.7 Å². The maximum absolute atomic E-state index is 12.3. The summed E-state index contributed by atoms with van der Waals surface area (Å²) in [5.74, 6) is -0.0847. The Morgan fingerprint density at radius 2 is 2.35 bits per heavy atom. The highest BCUT2D eigenvalue weighted by atomic mass is 16.5. The Morgan fingerprint density at radius 3 is 3.06 bits per heavy atom. The van der Waals surface area contributed by atoms with Gasteiger partial charge in [-0.1, -0.05) is 6.08 Å². The van der Waals surface area contributed by atoms with E-state index < -0.39 is 0 Å². The van der Waals surface area contributed by atoms with Crippen molar-refractivity contribution in [3.63, 3.8) is 0 Å². The molecule has 17 heavy (non-hydrogen) atoms. The number of ether oxygens (including phenoxy) is 1. The molecule has 0 radical (unpaired) electrons. The second kappa shape index (κ2) is 5.45. The minimum absolute atomic E-state index is 0.00400. The summed E-state index contributed by atoms with van der Waals surface area (Å²) >= 11 is 0. The highest BCUT2D eigenvalue weighted by molar-refractivity contribution is 6.19. The van der Waals surface area contributed by atoms with Crippen LogP contribution in [-0.4, -0.2) is 42.9 Å². The molecule has 94 valence electrons. The molecule has 0 bridgehead atoms. The minimum atomic E-state index is -0.0887. The molecular formula is C13H19NO3. The molecule has 1 fully saturated rings. The first-order valence-electron chi connectivity index (χ1n) is 6.27. The summed E-state index contributed by atoms with van der Waals surface area (Å²) < 4.78 is 5.12. The first kappa shape index (κ1) is 12.3. The topological polar surface area (TPSA) is 46.6 Å². The van der Waals surface area contributed by atoms with Gasteiger partial charge < -0.3 is 9.64 Å². The van der Waals surface area contributed by atoms with Gasteiger partial charge in [-0.3, -0.25) is 9.59 Å². The Kier molecular flexibility index (Phi) is 3.94. The number of amides is 1. The third-order valence-corrected chi connectivity index (χ3v) is 3.48. The van der Waals surface area contributed by atoms with Crippen molar-refractivity contribution in [1.82, 2.24) is 4.90 Å². The molecule has 1 aliphatic heterocycles. The van der Waals surface area contributed by atoms with Crippen LogP contribution in [0.1, 0.15) is 32.1 Å². The van der Waals surface area contributed by atoms with Gasteiger partial charge in [0.25, 0.3) is 5.91 Å². The van der Waals surface area contributed by atoms with Crippen molar-refractivity contribution in [2.45, 2.75) is 38.1 Å². The van der Waals surface area contributed by atoms with Crippen LogP contribution in [0.25, 0.3) is 0 Å². The zero-order chi connectivity index (χ0) is 12.3. The number of methoxy groups -OCH3 is 1. The highest BCUT2D eigenvalue weighted by Gasteiger charge is 2.32. The smallest absolute Gasteiger partial charge is 0.257 e. The Bertz CT molecular complexity index is 349. The Labute approximate surface area is 102 Å². The van der Waals surface area contributed by atoms with E-state index >= 15 is 0 Å². The average molecular weight is 237 g/mol. The van der Waals surface area contributed by atoms with Crippen LogP contribution in [0.3, 0.4) is 0 Å². The lowest BCUT2D eigenvalue weighted by Crippen LogP contribution is -2.40. The van der Waals surface area contributed by atoms with Crippen LogP contribution in [0.15, 0.2) is 11.6 Å². The lowest BCUT2D eigenvalue weighted by molar-refractivity contribution is -0.131. The molecule has 2 rings (SSSR count). The van der Waals surface area contributed by atoms with Gasteiger partial charge >= 0.3 is 0 Å². The fourth-order valence-electron chi connectivity index (χ4n) is 2.59. The van der Waals surface area contributed by atoms with Crippen molar-refractivity contribution in [3.8, 4) is 0 Å². The first-order chi connectivity index (χ1) is 8.24. The summed E-state index contributed by atoms with van der Waals surface area (Å²) in [5, 5.41) is 0. The second-order valence-electron chi connectivity index (χ2n) is 4.68. The van der Waals surface area contributed by atoms with E-state index in [0.717, 1.165) is 32.2 Å². The summed E-state index contributed by atoms with van der Waals surface area (Å²) in [5.41, 5.74) is 0.402. The van der Waals surface area contributed by atoms with E-state index in [1.807, 2.05) is 0 Å². The molecule has 1 aliphatic carbocycles. The molecule has 0 N–H and O–H groups in total. The summed E-state index contributed by atoms with van der Waals surface area (Å²) in [6.07, 6.45) is 6.01. The minimum Gasteiger partial charge on any atom is -0.383 e. The van der Waals surface area contributed by atoms with Crippen molar-refractivity contribution in [1.29, 1.82) is 0 Å². The van der Waals surface area contributed by atoms with Crippen molar-refractivity contribution < 1.29 is 14.3 Å². The number of rotatable bonds is 3. The van der Waals surface area contributed by atoms with Crippen LogP contribution in [-0.2, 0) is 14.3 Å². The van der Waals surface area contributed by atoms with Gasteiger partial charge in [0.15, 0.2) is 5.78 Å². The third kappa shape index (κ3) is 2.57. The Balaban J connectivity index is 2.08. The van der Waals surface area contributed by atoms with Gasteiger partial charge in [-0.25, -0.2) is 0 Å². The van der Waals surface area contributed by atoms with Crippen LogP contribution in [0.4, 0.5) is 0 Å². The number of hydrogen-bond donors (Lipinski definition) is 0. The number of nitrogens with zero attached hydrogens (tertiary/aromatic N) is 1. The van der Waals surface area contributed by atoms with E-state index in [9.17, 15) is 9.59 Å². The van der Waals surface area contributed by atoms with Crippen LogP contribution >= 0.6 is 0 Å². The maximum atomic E-state index is 12.3. The van der Waals surface area contributed by atoms with Crippen LogP contribution in [0, 0.1) is 0 Å². The monoisotopic (exact) mass is 237 g/mol. The first-order valence-corrected chi connectivity index (χ1v) is 6.27. The molecule has 1 amide bonds. The average Bonchev–Trinajstić information content (AvgIpc) is 2.78. The number of allylic oxidation sites excluding steroid dienone is 1. The summed E-state index contributed by atoms with van der Waals surface area (Å²) in [4.78, 5) is 25.8. The van der Waals surface area contributed by atoms with Gasteiger partial charge in [0.2, 0.25) is 0 Å². The van der Waals surface area contributed by atoms with Crippen molar-refractivity contribution in [2.24, 2.45) is 0 Å². The Hall–Kier alpha value is -1.16. The number of carbonyl (C=O) groups excluding carboxylic acids is 2.